The lowest BCUT2D eigenvalue weighted by molar-refractivity contribution is -0.153. The highest BCUT2D eigenvalue weighted by atomic mass is 32.2. The number of sulfonamides is 1. The second kappa shape index (κ2) is 9.70. The first-order valence-electron chi connectivity index (χ1n) is 10.4. The summed E-state index contributed by atoms with van der Waals surface area (Å²) in [4.78, 5) is 27.8. The zero-order valence-electron chi connectivity index (χ0n) is 18.6. The lowest BCUT2D eigenvalue weighted by Crippen LogP contribution is -2.69. The van der Waals surface area contributed by atoms with E-state index in [2.05, 4.69) is 5.32 Å². The topological polar surface area (TPSA) is 96.0 Å². The van der Waals surface area contributed by atoms with Crippen LogP contribution in [0, 0.1) is 0 Å². The van der Waals surface area contributed by atoms with E-state index < -0.39 is 27.4 Å². The van der Waals surface area contributed by atoms with E-state index in [0.717, 1.165) is 21.7 Å². The number of nitrogens with zero attached hydrogens (tertiary/aromatic N) is 2. The van der Waals surface area contributed by atoms with Gasteiger partial charge >= 0.3 is 0 Å². The maximum absolute atomic E-state index is 13.3. The molecule has 172 valence electrons. The van der Waals surface area contributed by atoms with Crippen molar-refractivity contribution in [2.24, 2.45) is 0 Å². The molecule has 2 aromatic rings. The number of amides is 2. The highest BCUT2D eigenvalue weighted by molar-refractivity contribution is 7.88. The van der Waals surface area contributed by atoms with Gasteiger partial charge in [-0.25, -0.2) is 8.42 Å². The smallest absolute Gasteiger partial charge is 0.247 e. The molecule has 0 unspecified atom stereocenters. The fourth-order valence-corrected chi connectivity index (χ4v) is 4.53. The molecule has 9 heteroatoms. The molecule has 1 aliphatic heterocycles. The average Bonchev–Trinajstić information content (AvgIpc) is 2.76. The van der Waals surface area contributed by atoms with E-state index in [4.69, 9.17) is 4.74 Å². The van der Waals surface area contributed by atoms with Crippen LogP contribution >= 0.6 is 0 Å². The van der Waals surface area contributed by atoms with Gasteiger partial charge < -0.3 is 15.0 Å². The Morgan fingerprint density at radius 3 is 2.34 bits per heavy atom. The van der Waals surface area contributed by atoms with Crippen LogP contribution in [0.4, 0.5) is 0 Å². The third kappa shape index (κ3) is 5.46. The Balaban J connectivity index is 1.86. The Morgan fingerprint density at radius 2 is 1.75 bits per heavy atom. The van der Waals surface area contributed by atoms with Crippen molar-refractivity contribution >= 4 is 21.8 Å². The Labute approximate surface area is 189 Å². The summed E-state index contributed by atoms with van der Waals surface area (Å²) < 4.78 is 30.9. The van der Waals surface area contributed by atoms with Gasteiger partial charge in [-0.1, -0.05) is 42.5 Å². The van der Waals surface area contributed by atoms with Crippen molar-refractivity contribution in [3.8, 4) is 5.75 Å². The van der Waals surface area contributed by atoms with Crippen molar-refractivity contribution in [2.75, 3.05) is 26.0 Å². The van der Waals surface area contributed by atoms with Gasteiger partial charge in [-0.3, -0.25) is 9.59 Å². The van der Waals surface area contributed by atoms with Gasteiger partial charge in [-0.15, -0.1) is 0 Å². The molecule has 1 aliphatic rings. The predicted octanol–water partition coefficient (Wildman–Crippen LogP) is 1.76. The van der Waals surface area contributed by atoms with Crippen molar-refractivity contribution in [2.45, 2.75) is 32.5 Å². The molecule has 8 nitrogen and oxygen atoms in total. The van der Waals surface area contributed by atoms with E-state index >= 15 is 0 Å². The van der Waals surface area contributed by atoms with Crippen molar-refractivity contribution in [1.29, 1.82) is 0 Å². The highest BCUT2D eigenvalue weighted by Gasteiger charge is 2.49. The number of hydrogen-bond acceptors (Lipinski definition) is 5. The average molecular weight is 460 g/mol. The maximum atomic E-state index is 13.3. The number of nitrogens with one attached hydrogen (secondary N) is 1. The summed E-state index contributed by atoms with van der Waals surface area (Å²) in [6, 6.07) is 16.7. The van der Waals surface area contributed by atoms with E-state index in [9.17, 15) is 18.0 Å². The molecule has 1 fully saturated rings. The van der Waals surface area contributed by atoms with Crippen LogP contribution in [0.15, 0.2) is 54.6 Å². The second-order valence-corrected chi connectivity index (χ2v) is 10.0. The van der Waals surface area contributed by atoms with Crippen LogP contribution in [-0.2, 0) is 32.7 Å². The Kier molecular flexibility index (Phi) is 7.20. The van der Waals surface area contributed by atoms with E-state index in [-0.39, 0.29) is 26.2 Å². The normalized spacial score (nSPS) is 19.6. The van der Waals surface area contributed by atoms with Crippen LogP contribution in [-0.4, -0.2) is 60.9 Å². The molecule has 0 radical (unpaired) electrons. The highest BCUT2D eigenvalue weighted by Crippen LogP contribution is 2.27. The quantitative estimate of drug-likeness (QED) is 0.649. The lowest BCUT2D eigenvalue weighted by Gasteiger charge is -2.46. The molecule has 1 atom stereocenters. The molecular weight excluding hydrogens is 430 g/mol. The molecule has 0 spiro atoms. The SMILES string of the molecule is CCOc1ccc(CN2C(=O)CN(S(C)(=O)=O)C[C@]2(C)C(=O)NCc2ccccc2)cc1. The molecule has 1 saturated heterocycles. The van der Waals surface area contributed by atoms with Gasteiger partial charge in [0.1, 0.15) is 11.3 Å². The third-order valence-electron chi connectivity index (χ3n) is 5.52. The zero-order chi connectivity index (χ0) is 23.4. The third-order valence-corrected chi connectivity index (χ3v) is 6.72. The van der Waals surface area contributed by atoms with Gasteiger partial charge in [0.15, 0.2) is 0 Å². The molecule has 32 heavy (non-hydrogen) atoms. The molecule has 3 rings (SSSR count). The standard InChI is InChI=1S/C23H29N3O5S/c1-4-31-20-12-10-19(11-13-20)15-26-21(27)16-25(32(3,29)30)17-23(26,2)22(28)24-14-18-8-6-5-7-9-18/h5-13H,4,14-17H2,1-3H3,(H,24,28)/t23-/m1/s1. The summed E-state index contributed by atoms with van der Waals surface area (Å²) in [6.07, 6.45) is 1.05. The zero-order valence-corrected chi connectivity index (χ0v) is 19.4. The van der Waals surface area contributed by atoms with Crippen LogP contribution in [0.25, 0.3) is 0 Å². The minimum Gasteiger partial charge on any atom is -0.494 e. The molecular formula is C23H29N3O5S. The molecule has 2 aromatic carbocycles. The second-order valence-electron chi connectivity index (χ2n) is 8.03. The summed E-state index contributed by atoms with van der Waals surface area (Å²) in [5.74, 6) is -0.116. The van der Waals surface area contributed by atoms with Crippen LogP contribution < -0.4 is 10.1 Å². The molecule has 2 amide bonds. The van der Waals surface area contributed by atoms with Crippen LogP contribution in [0.1, 0.15) is 25.0 Å². The number of carbonyl (C=O) groups excluding carboxylic acids is 2. The Bertz CT molecular complexity index is 1060. The first-order valence-corrected chi connectivity index (χ1v) is 12.3. The van der Waals surface area contributed by atoms with Crippen molar-refractivity contribution < 1.29 is 22.7 Å². The van der Waals surface area contributed by atoms with Gasteiger partial charge in [0.2, 0.25) is 21.8 Å². The summed E-state index contributed by atoms with van der Waals surface area (Å²) in [5.41, 5.74) is 0.354. The van der Waals surface area contributed by atoms with E-state index in [1.165, 1.54) is 4.90 Å². The Hall–Kier alpha value is -2.91. The van der Waals surface area contributed by atoms with Crippen molar-refractivity contribution in [3.63, 3.8) is 0 Å². The number of hydrogen-bond donors (Lipinski definition) is 1. The predicted molar refractivity (Wildman–Crippen MR) is 121 cm³/mol. The fourth-order valence-electron chi connectivity index (χ4n) is 3.70. The van der Waals surface area contributed by atoms with Gasteiger partial charge in [0.05, 0.1) is 19.4 Å². The molecule has 1 heterocycles. The van der Waals surface area contributed by atoms with Crippen LogP contribution in [0.2, 0.25) is 0 Å². The minimum atomic E-state index is -3.65. The monoisotopic (exact) mass is 459 g/mol. The summed E-state index contributed by atoms with van der Waals surface area (Å²) in [6.45, 7) is 4.10. The van der Waals surface area contributed by atoms with Gasteiger partial charge in [-0.05, 0) is 37.1 Å². The van der Waals surface area contributed by atoms with Gasteiger partial charge in [0.25, 0.3) is 0 Å². The summed E-state index contributed by atoms with van der Waals surface area (Å²) >= 11 is 0. The number of benzene rings is 2. The first kappa shape index (κ1) is 23.7. The largest absolute Gasteiger partial charge is 0.494 e. The number of ether oxygens (including phenoxy) is 1. The minimum absolute atomic E-state index is 0.116. The summed E-state index contributed by atoms with van der Waals surface area (Å²) in [7, 11) is -3.65. The van der Waals surface area contributed by atoms with Gasteiger partial charge in [-0.2, -0.15) is 4.31 Å². The van der Waals surface area contributed by atoms with E-state index in [0.29, 0.717) is 12.4 Å². The van der Waals surface area contributed by atoms with Crippen molar-refractivity contribution in [1.82, 2.24) is 14.5 Å². The molecule has 0 aliphatic carbocycles. The molecule has 0 saturated carbocycles. The summed E-state index contributed by atoms with van der Waals surface area (Å²) in [5, 5.41) is 2.87. The van der Waals surface area contributed by atoms with Crippen LogP contribution in [0.3, 0.4) is 0 Å². The van der Waals surface area contributed by atoms with Crippen LogP contribution in [0.5, 0.6) is 5.75 Å². The fraction of sp³-hybridized carbons (Fsp3) is 0.391. The lowest BCUT2D eigenvalue weighted by atomic mass is 9.94. The molecule has 0 aromatic heterocycles. The first-order chi connectivity index (χ1) is 15.1. The number of rotatable bonds is 8. The number of piperazine rings is 1. The molecule has 0 bridgehead atoms. The van der Waals surface area contributed by atoms with Crippen molar-refractivity contribution in [3.05, 3.63) is 65.7 Å². The Morgan fingerprint density at radius 1 is 1.09 bits per heavy atom. The molecule has 1 N–H and O–H groups in total. The number of carbonyl (C=O) groups is 2. The van der Waals surface area contributed by atoms with E-state index in [1.54, 1.807) is 6.92 Å². The van der Waals surface area contributed by atoms with Gasteiger partial charge in [0, 0.05) is 19.6 Å². The maximum Gasteiger partial charge on any atom is 0.247 e. The van der Waals surface area contributed by atoms with E-state index in [1.807, 2.05) is 61.5 Å².